The van der Waals surface area contributed by atoms with Crippen LogP contribution in [0.2, 0.25) is 0 Å². The molecule has 0 aliphatic carbocycles. The molecule has 1 aromatic heterocycles. The van der Waals surface area contributed by atoms with Gasteiger partial charge in [-0.3, -0.25) is 19.8 Å². The Bertz CT molecular complexity index is 1250. The summed E-state index contributed by atoms with van der Waals surface area (Å²) in [6.07, 6.45) is 3.53. The molecule has 0 radical (unpaired) electrons. The lowest BCUT2D eigenvalue weighted by Gasteiger charge is -2.28. The molecule has 2 aromatic carbocycles. The van der Waals surface area contributed by atoms with Crippen molar-refractivity contribution in [2.45, 2.75) is 6.54 Å². The van der Waals surface area contributed by atoms with Crippen LogP contribution >= 0.6 is 12.2 Å². The van der Waals surface area contributed by atoms with Crippen LogP contribution < -0.4 is 14.8 Å². The fraction of sp³-hybridized carbons (Fsp3) is 0.240. The minimum Gasteiger partial charge on any atom is -0.497 e. The van der Waals surface area contributed by atoms with Gasteiger partial charge < -0.3 is 18.8 Å². The number of fused-ring (bicyclic) bond motifs is 1. The van der Waals surface area contributed by atoms with Crippen molar-refractivity contribution in [3.63, 3.8) is 0 Å². The van der Waals surface area contributed by atoms with Crippen LogP contribution in [-0.2, 0) is 20.9 Å². The number of carbonyl (C=O) groups excluding carboxylic acids is 2. The molecule has 1 aliphatic rings. The fourth-order valence-electron chi connectivity index (χ4n) is 3.74. The molecule has 1 saturated heterocycles. The molecule has 1 N–H and O–H groups in total. The van der Waals surface area contributed by atoms with Crippen molar-refractivity contribution in [1.29, 1.82) is 0 Å². The molecule has 3 aromatic rings. The Morgan fingerprint density at radius 3 is 2.44 bits per heavy atom. The van der Waals surface area contributed by atoms with Crippen molar-refractivity contribution in [2.24, 2.45) is 0 Å². The van der Waals surface area contributed by atoms with E-state index < -0.39 is 11.8 Å². The molecule has 0 bridgehead atoms. The molecular weight excluding hydrogens is 454 g/mol. The first-order chi connectivity index (χ1) is 16.5. The maximum Gasteiger partial charge on any atom is 0.265 e. The van der Waals surface area contributed by atoms with E-state index in [2.05, 4.69) is 5.32 Å². The second kappa shape index (κ2) is 10.5. The summed E-state index contributed by atoms with van der Waals surface area (Å²) in [5.74, 6) is 0.564. The number of rotatable bonds is 9. The van der Waals surface area contributed by atoms with E-state index in [0.29, 0.717) is 19.8 Å². The number of aromatic nitrogens is 1. The molecular formula is C25H25N3O5S. The topological polar surface area (TPSA) is 82.0 Å². The number of para-hydroxylation sites is 1. The Labute approximate surface area is 202 Å². The summed E-state index contributed by atoms with van der Waals surface area (Å²) in [6.45, 7) is 1.60. The van der Waals surface area contributed by atoms with Gasteiger partial charge in [-0.15, -0.1) is 0 Å². The molecule has 176 valence electrons. The zero-order valence-electron chi connectivity index (χ0n) is 18.9. The van der Waals surface area contributed by atoms with Gasteiger partial charge in [-0.25, -0.2) is 0 Å². The Balaban J connectivity index is 1.57. The van der Waals surface area contributed by atoms with Crippen LogP contribution in [0.15, 0.2) is 60.3 Å². The molecule has 9 heteroatoms. The molecule has 2 heterocycles. The van der Waals surface area contributed by atoms with Gasteiger partial charge in [-0.05, 0) is 48.6 Å². The second-order valence-electron chi connectivity index (χ2n) is 7.59. The Morgan fingerprint density at radius 1 is 0.971 bits per heavy atom. The third-order valence-electron chi connectivity index (χ3n) is 5.48. The van der Waals surface area contributed by atoms with Crippen LogP contribution in [0.3, 0.4) is 0 Å². The van der Waals surface area contributed by atoms with Gasteiger partial charge in [-0.1, -0.05) is 18.2 Å². The number of methoxy groups -OCH3 is 2. The van der Waals surface area contributed by atoms with Crippen molar-refractivity contribution < 1.29 is 23.8 Å². The van der Waals surface area contributed by atoms with Crippen LogP contribution in [0.25, 0.3) is 17.0 Å². The quantitative estimate of drug-likeness (QED) is 0.289. The molecule has 1 aliphatic heterocycles. The van der Waals surface area contributed by atoms with Gasteiger partial charge in [0.05, 0.1) is 26.8 Å². The van der Waals surface area contributed by atoms with E-state index in [4.69, 9.17) is 26.4 Å². The normalized spacial score (nSPS) is 15.2. The summed E-state index contributed by atoms with van der Waals surface area (Å²) in [5, 5.41) is 3.61. The van der Waals surface area contributed by atoms with Crippen LogP contribution in [0.1, 0.15) is 5.56 Å². The molecule has 0 unspecified atom stereocenters. The van der Waals surface area contributed by atoms with E-state index >= 15 is 0 Å². The van der Waals surface area contributed by atoms with Gasteiger partial charge in [0, 0.05) is 29.8 Å². The highest BCUT2D eigenvalue weighted by molar-refractivity contribution is 7.80. The lowest BCUT2D eigenvalue weighted by atomic mass is 10.1. The van der Waals surface area contributed by atoms with Crippen LogP contribution in [0.4, 0.5) is 0 Å². The summed E-state index contributed by atoms with van der Waals surface area (Å²) in [5.41, 5.74) is 1.77. The van der Waals surface area contributed by atoms with Crippen molar-refractivity contribution in [3.8, 4) is 11.5 Å². The fourth-order valence-corrected chi connectivity index (χ4v) is 4.01. The minimum absolute atomic E-state index is 0.0297. The van der Waals surface area contributed by atoms with Crippen LogP contribution in [0, 0.1) is 0 Å². The van der Waals surface area contributed by atoms with Gasteiger partial charge >= 0.3 is 0 Å². The summed E-state index contributed by atoms with van der Waals surface area (Å²) in [4.78, 5) is 26.9. The minimum atomic E-state index is -0.511. The van der Waals surface area contributed by atoms with E-state index in [0.717, 1.165) is 28.0 Å². The molecule has 2 amide bonds. The lowest BCUT2D eigenvalue weighted by molar-refractivity contribution is -0.129. The van der Waals surface area contributed by atoms with Crippen molar-refractivity contribution >= 4 is 46.1 Å². The maximum absolute atomic E-state index is 13.0. The highest BCUT2D eigenvalue weighted by Crippen LogP contribution is 2.25. The lowest BCUT2D eigenvalue weighted by Crippen LogP contribution is -2.54. The van der Waals surface area contributed by atoms with Crippen molar-refractivity contribution in [2.75, 3.05) is 34.0 Å². The maximum atomic E-state index is 13.0. The van der Waals surface area contributed by atoms with Crippen LogP contribution in [0.5, 0.6) is 11.5 Å². The highest BCUT2D eigenvalue weighted by atomic mass is 32.1. The highest BCUT2D eigenvalue weighted by Gasteiger charge is 2.33. The third kappa shape index (κ3) is 4.95. The van der Waals surface area contributed by atoms with E-state index in [1.54, 1.807) is 20.3 Å². The van der Waals surface area contributed by atoms with Gasteiger partial charge in [0.15, 0.2) is 5.11 Å². The Morgan fingerprint density at radius 2 is 1.71 bits per heavy atom. The van der Waals surface area contributed by atoms with E-state index in [9.17, 15) is 9.59 Å². The number of hydrogen-bond acceptors (Lipinski definition) is 6. The van der Waals surface area contributed by atoms with E-state index in [-0.39, 0.29) is 17.2 Å². The first kappa shape index (κ1) is 23.5. The molecule has 0 atom stereocenters. The van der Waals surface area contributed by atoms with E-state index in [1.165, 1.54) is 4.90 Å². The predicted molar refractivity (Wildman–Crippen MR) is 133 cm³/mol. The van der Waals surface area contributed by atoms with Crippen molar-refractivity contribution in [1.82, 2.24) is 14.8 Å². The molecule has 34 heavy (non-hydrogen) atoms. The third-order valence-corrected chi connectivity index (χ3v) is 5.81. The predicted octanol–water partition coefficient (Wildman–Crippen LogP) is 3.00. The standard InChI is InChI=1S/C25H25N3O5S/c1-31-13-12-28-24(30)21(23(29)26-25(28)34)15-17-16-27(22-6-4-3-5-20(17)22)11-14-33-19-9-7-18(32-2)8-10-19/h3-10,15-16H,11-14H2,1-2H3,(H,26,29,34)/b21-15+. The average Bonchev–Trinajstić information content (AvgIpc) is 3.19. The first-order valence-corrected chi connectivity index (χ1v) is 11.1. The van der Waals surface area contributed by atoms with Gasteiger partial charge in [-0.2, -0.15) is 0 Å². The number of carbonyl (C=O) groups is 2. The SMILES string of the molecule is COCCN1C(=O)/C(=C/c2cn(CCOc3ccc(OC)cc3)c3ccccc23)C(=O)NC1=S. The number of benzene rings is 2. The summed E-state index contributed by atoms with van der Waals surface area (Å²) in [6, 6.07) is 15.2. The smallest absolute Gasteiger partial charge is 0.265 e. The number of nitrogens with zero attached hydrogens (tertiary/aromatic N) is 2. The van der Waals surface area contributed by atoms with E-state index in [1.807, 2.05) is 59.3 Å². The van der Waals surface area contributed by atoms with Gasteiger partial charge in [0.25, 0.3) is 11.8 Å². The van der Waals surface area contributed by atoms with Gasteiger partial charge in [0.2, 0.25) is 0 Å². The number of thiocarbonyl (C=S) groups is 1. The zero-order chi connectivity index (χ0) is 24.1. The number of hydrogen-bond donors (Lipinski definition) is 1. The molecule has 0 saturated carbocycles. The Kier molecular flexibility index (Phi) is 7.24. The molecule has 1 fully saturated rings. The van der Waals surface area contributed by atoms with Gasteiger partial charge in [0.1, 0.15) is 23.7 Å². The number of amides is 2. The molecule has 4 rings (SSSR count). The average molecular weight is 480 g/mol. The zero-order valence-corrected chi connectivity index (χ0v) is 19.8. The summed E-state index contributed by atoms with van der Waals surface area (Å²) < 4.78 is 18.1. The summed E-state index contributed by atoms with van der Waals surface area (Å²) >= 11 is 5.16. The largest absolute Gasteiger partial charge is 0.497 e. The molecule has 8 nitrogen and oxygen atoms in total. The first-order valence-electron chi connectivity index (χ1n) is 10.7. The van der Waals surface area contributed by atoms with Crippen molar-refractivity contribution in [3.05, 3.63) is 65.9 Å². The molecule has 0 spiro atoms. The summed E-state index contributed by atoms with van der Waals surface area (Å²) in [7, 11) is 3.16. The van der Waals surface area contributed by atoms with Crippen LogP contribution in [-0.4, -0.2) is 60.4 Å². The monoisotopic (exact) mass is 479 g/mol. The second-order valence-corrected chi connectivity index (χ2v) is 7.97. The number of ether oxygens (including phenoxy) is 3. The number of nitrogens with one attached hydrogen (secondary N) is 1. The Hall–Kier alpha value is -3.69.